The van der Waals surface area contributed by atoms with Gasteiger partial charge < -0.3 is 20.3 Å². The van der Waals surface area contributed by atoms with Crippen LogP contribution in [0.25, 0.3) is 0 Å². The quantitative estimate of drug-likeness (QED) is 0.703. The molecule has 1 heterocycles. The van der Waals surface area contributed by atoms with E-state index in [1.54, 1.807) is 12.0 Å². The summed E-state index contributed by atoms with van der Waals surface area (Å²) >= 11 is 0. The Hall–Kier alpha value is -3.02. The van der Waals surface area contributed by atoms with E-state index in [1.165, 1.54) is 0 Å². The van der Waals surface area contributed by atoms with Crippen molar-refractivity contribution in [2.24, 2.45) is 0 Å². The number of hydrogen-bond acceptors (Lipinski definition) is 3. The van der Waals surface area contributed by atoms with Crippen molar-refractivity contribution >= 4 is 23.3 Å². The summed E-state index contributed by atoms with van der Waals surface area (Å²) in [6.45, 7) is 6.47. The monoisotopic (exact) mass is 421 g/mol. The molecule has 0 aromatic heterocycles. The van der Waals surface area contributed by atoms with Crippen molar-refractivity contribution in [2.45, 2.75) is 65.0 Å². The number of carbonyl (C=O) groups is 2. The van der Waals surface area contributed by atoms with E-state index in [2.05, 4.69) is 23.6 Å². The minimum Gasteiger partial charge on any atom is -0.496 e. The second-order valence-corrected chi connectivity index (χ2v) is 8.80. The van der Waals surface area contributed by atoms with Crippen LogP contribution in [0.2, 0.25) is 0 Å². The van der Waals surface area contributed by atoms with Gasteiger partial charge in [-0.1, -0.05) is 37.5 Å². The number of urea groups is 1. The first-order valence-electron chi connectivity index (χ1n) is 11.0. The number of rotatable bonds is 4. The maximum absolute atomic E-state index is 13.7. The number of fused-ring (bicyclic) bond motifs is 1. The van der Waals surface area contributed by atoms with E-state index >= 15 is 0 Å². The Morgan fingerprint density at radius 3 is 2.42 bits per heavy atom. The first-order chi connectivity index (χ1) is 14.9. The molecular formula is C25H31N3O3. The van der Waals surface area contributed by atoms with Gasteiger partial charge in [-0.2, -0.15) is 0 Å². The summed E-state index contributed by atoms with van der Waals surface area (Å²) in [4.78, 5) is 28.7. The van der Waals surface area contributed by atoms with E-state index in [9.17, 15) is 9.59 Å². The number of ether oxygens (including phenoxy) is 1. The number of nitrogens with zero attached hydrogens (tertiary/aromatic N) is 1. The summed E-state index contributed by atoms with van der Waals surface area (Å²) in [7, 11) is 1.62. The molecule has 31 heavy (non-hydrogen) atoms. The van der Waals surface area contributed by atoms with Crippen LogP contribution in [0.15, 0.2) is 30.3 Å². The van der Waals surface area contributed by atoms with Crippen molar-refractivity contribution in [3.05, 3.63) is 52.6 Å². The van der Waals surface area contributed by atoms with E-state index in [0.717, 1.165) is 53.0 Å². The topological polar surface area (TPSA) is 70.7 Å². The molecule has 6 nitrogen and oxygen atoms in total. The Balaban J connectivity index is 1.68. The molecule has 1 aliphatic heterocycles. The first kappa shape index (κ1) is 21.2. The zero-order chi connectivity index (χ0) is 22.2. The molecule has 0 unspecified atom stereocenters. The lowest BCUT2D eigenvalue weighted by Gasteiger charge is -2.47. The van der Waals surface area contributed by atoms with Crippen molar-refractivity contribution < 1.29 is 14.3 Å². The smallest absolute Gasteiger partial charge is 0.323 e. The molecule has 0 radical (unpaired) electrons. The third kappa shape index (κ3) is 3.75. The average molecular weight is 422 g/mol. The molecule has 4 rings (SSSR count). The summed E-state index contributed by atoms with van der Waals surface area (Å²) in [6.07, 6.45) is 4.25. The van der Waals surface area contributed by atoms with Gasteiger partial charge in [-0.3, -0.25) is 4.79 Å². The molecule has 2 N–H and O–H groups in total. The number of carbonyl (C=O) groups excluding carboxylic acids is 2. The third-order valence-electron chi connectivity index (χ3n) is 6.83. The number of hydrogen-bond donors (Lipinski definition) is 2. The Morgan fingerprint density at radius 2 is 1.71 bits per heavy atom. The molecule has 1 fully saturated rings. The maximum atomic E-state index is 13.7. The third-order valence-corrected chi connectivity index (χ3v) is 6.83. The summed E-state index contributed by atoms with van der Waals surface area (Å²) < 4.78 is 5.41. The lowest BCUT2D eigenvalue weighted by atomic mass is 9.78. The van der Waals surface area contributed by atoms with E-state index in [1.807, 2.05) is 38.1 Å². The highest BCUT2D eigenvalue weighted by Gasteiger charge is 2.48. The van der Waals surface area contributed by atoms with Gasteiger partial charge in [0.1, 0.15) is 11.3 Å². The van der Waals surface area contributed by atoms with Crippen LogP contribution < -0.4 is 15.4 Å². The SMILES string of the molecule is COc1cc(NC(=O)C2(N3Cc4c(C)ccc(C)c4NC3=O)CCCCC2)ccc1C. The van der Waals surface area contributed by atoms with Gasteiger partial charge in [0.15, 0.2) is 0 Å². The van der Waals surface area contributed by atoms with Crippen LogP contribution in [0.4, 0.5) is 16.2 Å². The van der Waals surface area contributed by atoms with Crippen molar-refractivity contribution in [3.63, 3.8) is 0 Å². The van der Waals surface area contributed by atoms with Gasteiger partial charge >= 0.3 is 6.03 Å². The molecule has 2 aliphatic rings. The van der Waals surface area contributed by atoms with Crippen LogP contribution in [0, 0.1) is 20.8 Å². The Morgan fingerprint density at radius 1 is 1.03 bits per heavy atom. The minimum absolute atomic E-state index is 0.123. The molecule has 1 saturated carbocycles. The standard InChI is InChI=1S/C25H31N3O3/c1-16-8-9-18(3)22-20(16)15-28(24(30)27-22)25(12-6-5-7-13-25)23(29)26-19-11-10-17(2)21(14-19)31-4/h8-11,14H,5-7,12-13,15H2,1-4H3,(H,26,29)(H,27,30). The second kappa shape index (κ2) is 8.25. The molecule has 0 saturated heterocycles. The van der Waals surface area contributed by atoms with Crippen LogP contribution in [-0.2, 0) is 11.3 Å². The molecule has 0 spiro atoms. The van der Waals surface area contributed by atoms with Gasteiger partial charge in [-0.05, 0) is 61.9 Å². The summed E-state index contributed by atoms with van der Waals surface area (Å²) in [5.74, 6) is 0.605. The predicted octanol–water partition coefficient (Wildman–Crippen LogP) is 5.31. The molecule has 0 bridgehead atoms. The fraction of sp³-hybridized carbons (Fsp3) is 0.440. The zero-order valence-corrected chi connectivity index (χ0v) is 18.8. The number of amides is 3. The fourth-order valence-electron chi connectivity index (χ4n) is 4.90. The van der Waals surface area contributed by atoms with E-state index in [0.29, 0.717) is 25.1 Å². The molecule has 2 aromatic rings. The van der Waals surface area contributed by atoms with Crippen molar-refractivity contribution in [1.82, 2.24) is 4.90 Å². The van der Waals surface area contributed by atoms with Gasteiger partial charge in [0.2, 0.25) is 5.91 Å². The average Bonchev–Trinajstić information content (AvgIpc) is 2.77. The van der Waals surface area contributed by atoms with Crippen molar-refractivity contribution in [3.8, 4) is 5.75 Å². The Labute approximate surface area is 184 Å². The molecular weight excluding hydrogens is 390 g/mol. The molecule has 164 valence electrons. The lowest BCUT2D eigenvalue weighted by Crippen LogP contribution is -2.61. The summed E-state index contributed by atoms with van der Waals surface area (Å²) in [6, 6.07) is 9.56. The number of nitrogens with one attached hydrogen (secondary N) is 2. The molecule has 3 amide bonds. The summed E-state index contributed by atoms with van der Waals surface area (Å²) in [5, 5.41) is 6.15. The van der Waals surface area contributed by atoms with Gasteiger partial charge in [-0.25, -0.2) is 4.79 Å². The first-order valence-corrected chi connectivity index (χ1v) is 11.0. The van der Waals surface area contributed by atoms with Gasteiger partial charge in [0, 0.05) is 11.8 Å². The lowest BCUT2D eigenvalue weighted by molar-refractivity contribution is -0.128. The molecule has 1 aliphatic carbocycles. The second-order valence-electron chi connectivity index (χ2n) is 8.80. The molecule has 0 atom stereocenters. The predicted molar refractivity (Wildman–Crippen MR) is 123 cm³/mol. The minimum atomic E-state index is -0.867. The number of anilines is 2. The van der Waals surface area contributed by atoms with Crippen LogP contribution in [0.5, 0.6) is 5.75 Å². The summed E-state index contributed by atoms with van der Waals surface area (Å²) in [5.41, 5.74) is 4.97. The Bertz CT molecular complexity index is 1020. The fourth-order valence-corrected chi connectivity index (χ4v) is 4.90. The van der Waals surface area contributed by atoms with Crippen LogP contribution in [0.1, 0.15) is 54.4 Å². The highest BCUT2D eigenvalue weighted by Crippen LogP contribution is 2.40. The van der Waals surface area contributed by atoms with Gasteiger partial charge in [-0.15, -0.1) is 0 Å². The van der Waals surface area contributed by atoms with E-state index in [-0.39, 0.29) is 11.9 Å². The highest BCUT2D eigenvalue weighted by molar-refractivity contribution is 6.03. The van der Waals surface area contributed by atoms with E-state index < -0.39 is 5.54 Å². The van der Waals surface area contributed by atoms with Crippen LogP contribution in [-0.4, -0.2) is 29.5 Å². The van der Waals surface area contributed by atoms with Gasteiger partial charge in [0.25, 0.3) is 0 Å². The number of methoxy groups -OCH3 is 1. The van der Waals surface area contributed by atoms with Crippen LogP contribution in [0.3, 0.4) is 0 Å². The molecule has 6 heteroatoms. The largest absolute Gasteiger partial charge is 0.496 e. The normalized spacial score (nSPS) is 17.5. The maximum Gasteiger partial charge on any atom is 0.323 e. The number of benzene rings is 2. The highest BCUT2D eigenvalue weighted by atomic mass is 16.5. The zero-order valence-electron chi connectivity index (χ0n) is 18.8. The van der Waals surface area contributed by atoms with Gasteiger partial charge in [0.05, 0.1) is 19.3 Å². The van der Waals surface area contributed by atoms with Crippen molar-refractivity contribution in [1.29, 1.82) is 0 Å². The Kier molecular flexibility index (Phi) is 5.65. The van der Waals surface area contributed by atoms with E-state index in [4.69, 9.17) is 4.74 Å². The number of aryl methyl sites for hydroxylation is 3. The van der Waals surface area contributed by atoms with Crippen LogP contribution >= 0.6 is 0 Å². The molecule has 2 aromatic carbocycles. The van der Waals surface area contributed by atoms with Crippen molar-refractivity contribution in [2.75, 3.05) is 17.7 Å².